The summed E-state index contributed by atoms with van der Waals surface area (Å²) < 4.78 is 25.6. The third-order valence-corrected chi connectivity index (χ3v) is 6.29. The maximum atomic E-state index is 11.8. The molecule has 0 aliphatic heterocycles. The molecule has 1 heterocycles. The van der Waals surface area contributed by atoms with Crippen LogP contribution in [0.25, 0.3) is 17.1 Å². The van der Waals surface area contributed by atoms with Gasteiger partial charge in [0.05, 0.1) is 10.6 Å². The summed E-state index contributed by atoms with van der Waals surface area (Å²) in [6, 6.07) is 24.7. The van der Waals surface area contributed by atoms with Gasteiger partial charge in [0.2, 0.25) is 0 Å². The molecule has 0 radical (unpaired) electrons. The number of aromatic nitrogens is 2. The van der Waals surface area contributed by atoms with Gasteiger partial charge in [0.15, 0.2) is 9.84 Å². The summed E-state index contributed by atoms with van der Waals surface area (Å²) in [5, 5.41) is 0.669. The number of aryl methyl sites for hydroxylation is 2. The van der Waals surface area contributed by atoms with Crippen molar-refractivity contribution in [2.75, 3.05) is 6.26 Å². The molecule has 4 nitrogen and oxygen atoms in total. The zero-order valence-corrected chi connectivity index (χ0v) is 18.1. The Labute approximate surface area is 181 Å². The quantitative estimate of drug-likeness (QED) is 0.407. The number of hydrogen-bond acceptors (Lipinski definition) is 3. The Balaban J connectivity index is 1.71. The minimum absolute atomic E-state index is 0.292. The van der Waals surface area contributed by atoms with E-state index < -0.39 is 9.84 Å². The third kappa shape index (κ3) is 4.64. The second-order valence-corrected chi connectivity index (χ2v) is 9.64. The first-order valence-electron chi connectivity index (χ1n) is 9.59. The fourth-order valence-corrected chi connectivity index (χ4v) is 4.08. The highest BCUT2D eigenvalue weighted by molar-refractivity contribution is 7.90. The summed E-state index contributed by atoms with van der Waals surface area (Å²) in [6.45, 7) is 0. The summed E-state index contributed by atoms with van der Waals surface area (Å²) >= 11 is 6.06. The molecule has 152 valence electrons. The van der Waals surface area contributed by atoms with Gasteiger partial charge in [-0.05, 0) is 66.9 Å². The molecular weight excluding hydrogens is 416 g/mol. The smallest absolute Gasteiger partial charge is 0.175 e. The van der Waals surface area contributed by atoms with E-state index >= 15 is 0 Å². The van der Waals surface area contributed by atoms with Gasteiger partial charge in [-0.3, -0.25) is 4.57 Å². The van der Waals surface area contributed by atoms with Crippen molar-refractivity contribution < 1.29 is 8.42 Å². The molecule has 30 heavy (non-hydrogen) atoms. The van der Waals surface area contributed by atoms with Crippen LogP contribution in [0.2, 0.25) is 5.02 Å². The van der Waals surface area contributed by atoms with Crippen LogP contribution >= 0.6 is 11.6 Å². The van der Waals surface area contributed by atoms with E-state index in [-0.39, 0.29) is 0 Å². The van der Waals surface area contributed by atoms with Crippen molar-refractivity contribution in [1.82, 2.24) is 9.55 Å². The van der Waals surface area contributed by atoms with E-state index in [9.17, 15) is 8.42 Å². The van der Waals surface area contributed by atoms with Crippen LogP contribution in [0.4, 0.5) is 0 Å². The Morgan fingerprint density at radius 3 is 2.17 bits per heavy atom. The lowest BCUT2D eigenvalue weighted by atomic mass is 10.1. The Kier molecular flexibility index (Phi) is 5.75. The summed E-state index contributed by atoms with van der Waals surface area (Å²) in [5.74, 6) is 0.764. The van der Waals surface area contributed by atoms with E-state index in [0.29, 0.717) is 9.92 Å². The number of imidazole rings is 1. The monoisotopic (exact) mass is 436 g/mol. The lowest BCUT2D eigenvalue weighted by Crippen LogP contribution is -1.98. The van der Waals surface area contributed by atoms with Crippen LogP contribution in [0.15, 0.2) is 90.0 Å². The van der Waals surface area contributed by atoms with E-state index in [1.54, 1.807) is 24.3 Å². The molecule has 6 heteroatoms. The van der Waals surface area contributed by atoms with Crippen LogP contribution in [0.3, 0.4) is 0 Å². The molecule has 4 rings (SSSR count). The van der Waals surface area contributed by atoms with Crippen molar-refractivity contribution in [1.29, 1.82) is 0 Å². The summed E-state index contributed by atoms with van der Waals surface area (Å²) in [7, 11) is -3.24. The van der Waals surface area contributed by atoms with Gasteiger partial charge in [0, 0.05) is 28.7 Å². The highest BCUT2D eigenvalue weighted by Gasteiger charge is 2.14. The zero-order valence-electron chi connectivity index (χ0n) is 16.5. The topological polar surface area (TPSA) is 52.0 Å². The number of halogens is 1. The average molecular weight is 437 g/mol. The molecule has 0 saturated heterocycles. The number of sulfone groups is 1. The van der Waals surface area contributed by atoms with Crippen molar-refractivity contribution in [3.05, 3.63) is 101 Å². The second-order valence-electron chi connectivity index (χ2n) is 7.18. The van der Waals surface area contributed by atoms with Crippen LogP contribution in [-0.2, 0) is 22.7 Å². The standard InChI is InChI=1S/C24H21ClN2O2S/c1-30(28,29)23-15-8-19(9-16-23)24-26-21(12-7-18-5-3-2-4-6-18)17-27(24)22-13-10-20(25)11-14-22/h2-6,8-11,13-17H,7,12H2,1H3. The molecule has 0 spiro atoms. The predicted octanol–water partition coefficient (Wildman–Crippen LogP) is 5.38. The van der Waals surface area contributed by atoms with Crippen molar-refractivity contribution in [3.63, 3.8) is 0 Å². The largest absolute Gasteiger partial charge is 0.300 e. The molecule has 0 aliphatic rings. The fraction of sp³-hybridized carbons (Fsp3) is 0.125. The van der Waals surface area contributed by atoms with Crippen molar-refractivity contribution >= 4 is 21.4 Å². The van der Waals surface area contributed by atoms with Crippen LogP contribution < -0.4 is 0 Å². The SMILES string of the molecule is CS(=O)(=O)c1ccc(-c2nc(CCc3ccccc3)cn2-c2ccc(Cl)cc2)cc1. The molecular formula is C24H21ClN2O2S. The normalized spacial score (nSPS) is 11.5. The third-order valence-electron chi connectivity index (χ3n) is 4.91. The van der Waals surface area contributed by atoms with Gasteiger partial charge in [0.1, 0.15) is 5.82 Å². The van der Waals surface area contributed by atoms with Crippen LogP contribution in [0.5, 0.6) is 0 Å². The predicted molar refractivity (Wildman–Crippen MR) is 121 cm³/mol. The van der Waals surface area contributed by atoms with Crippen LogP contribution in [0, 0.1) is 0 Å². The van der Waals surface area contributed by atoms with E-state index in [2.05, 4.69) is 12.1 Å². The lowest BCUT2D eigenvalue weighted by molar-refractivity contribution is 0.602. The van der Waals surface area contributed by atoms with E-state index in [0.717, 1.165) is 35.6 Å². The Morgan fingerprint density at radius 2 is 1.53 bits per heavy atom. The van der Waals surface area contributed by atoms with Crippen LogP contribution in [0.1, 0.15) is 11.3 Å². The Morgan fingerprint density at radius 1 is 0.867 bits per heavy atom. The first kappa shape index (κ1) is 20.4. The zero-order chi connectivity index (χ0) is 21.1. The molecule has 0 aliphatic carbocycles. The maximum Gasteiger partial charge on any atom is 0.175 e. The number of hydrogen-bond donors (Lipinski definition) is 0. The molecule has 0 saturated carbocycles. The van der Waals surface area contributed by atoms with Gasteiger partial charge in [-0.1, -0.05) is 41.9 Å². The fourth-order valence-electron chi connectivity index (χ4n) is 3.32. The summed E-state index contributed by atoms with van der Waals surface area (Å²) in [5.41, 5.74) is 4.02. The molecule has 0 fully saturated rings. The Bertz CT molecular complexity index is 1250. The number of benzene rings is 3. The molecule has 0 bridgehead atoms. The van der Waals surface area contributed by atoms with Gasteiger partial charge in [-0.2, -0.15) is 0 Å². The first-order chi connectivity index (χ1) is 14.4. The number of nitrogens with zero attached hydrogens (tertiary/aromatic N) is 2. The Hall–Kier alpha value is -2.89. The first-order valence-corrected chi connectivity index (χ1v) is 11.9. The van der Waals surface area contributed by atoms with Gasteiger partial charge in [-0.15, -0.1) is 0 Å². The van der Waals surface area contributed by atoms with Crippen molar-refractivity contribution in [2.45, 2.75) is 17.7 Å². The summed E-state index contributed by atoms with van der Waals surface area (Å²) in [6.07, 6.45) is 4.94. The van der Waals surface area contributed by atoms with E-state index in [4.69, 9.17) is 16.6 Å². The average Bonchev–Trinajstić information content (AvgIpc) is 3.17. The van der Waals surface area contributed by atoms with Crippen LogP contribution in [-0.4, -0.2) is 24.2 Å². The van der Waals surface area contributed by atoms with Crippen molar-refractivity contribution in [3.8, 4) is 17.1 Å². The van der Waals surface area contributed by atoms with Gasteiger partial charge in [-0.25, -0.2) is 13.4 Å². The molecule has 0 amide bonds. The minimum atomic E-state index is -3.24. The van der Waals surface area contributed by atoms with E-state index in [1.807, 2.05) is 53.2 Å². The van der Waals surface area contributed by atoms with Gasteiger partial charge in [0.25, 0.3) is 0 Å². The second kappa shape index (κ2) is 8.46. The molecule has 3 aromatic carbocycles. The number of rotatable bonds is 6. The van der Waals surface area contributed by atoms with Gasteiger partial charge < -0.3 is 0 Å². The van der Waals surface area contributed by atoms with E-state index in [1.165, 1.54) is 11.8 Å². The van der Waals surface area contributed by atoms with Gasteiger partial charge >= 0.3 is 0 Å². The molecule has 0 unspecified atom stereocenters. The molecule has 0 atom stereocenters. The molecule has 0 N–H and O–H groups in total. The van der Waals surface area contributed by atoms with Crippen molar-refractivity contribution in [2.24, 2.45) is 0 Å². The minimum Gasteiger partial charge on any atom is -0.300 e. The summed E-state index contributed by atoms with van der Waals surface area (Å²) in [4.78, 5) is 5.16. The molecule has 1 aromatic heterocycles. The highest BCUT2D eigenvalue weighted by Crippen LogP contribution is 2.26. The molecule has 4 aromatic rings. The maximum absolute atomic E-state index is 11.8. The lowest BCUT2D eigenvalue weighted by Gasteiger charge is -2.08. The highest BCUT2D eigenvalue weighted by atomic mass is 35.5.